The van der Waals surface area contributed by atoms with Crippen LogP contribution in [-0.2, 0) is 18.3 Å². The number of nitrogens with one attached hydrogen (secondary N) is 1. The molecule has 0 aromatic carbocycles. The lowest BCUT2D eigenvalue weighted by atomic mass is 10.2. The molecule has 2 aromatic heterocycles. The predicted molar refractivity (Wildman–Crippen MR) is 71.7 cm³/mol. The second-order valence-corrected chi connectivity index (χ2v) is 6.45. The summed E-state index contributed by atoms with van der Waals surface area (Å²) in [5.41, 5.74) is 5.51. The average Bonchev–Trinajstić information content (AvgIpc) is 3.00. The minimum absolute atomic E-state index is 0.0332. The number of imidazole rings is 1. The molecule has 2 aliphatic rings. The van der Waals surface area contributed by atoms with E-state index in [-0.39, 0.29) is 23.7 Å². The summed E-state index contributed by atoms with van der Waals surface area (Å²) >= 11 is 0. The van der Waals surface area contributed by atoms with Gasteiger partial charge in [0.25, 0.3) is 5.56 Å². The summed E-state index contributed by atoms with van der Waals surface area (Å²) in [6.07, 6.45) is 0.115. The Hall–Kier alpha value is -1.78. The van der Waals surface area contributed by atoms with Gasteiger partial charge in [0.05, 0.1) is 12.9 Å². The van der Waals surface area contributed by atoms with Gasteiger partial charge in [-0.3, -0.25) is 23.4 Å². The summed E-state index contributed by atoms with van der Waals surface area (Å²) in [5.74, 6) is -0.0332. The van der Waals surface area contributed by atoms with E-state index in [1.54, 1.807) is 4.57 Å². The molecule has 0 bridgehead atoms. The summed E-state index contributed by atoms with van der Waals surface area (Å²) in [4.78, 5) is 31.5. The second kappa shape index (κ2) is 4.61. The fourth-order valence-electron chi connectivity index (χ4n) is 2.66. The Balaban J connectivity index is 1.69. The van der Waals surface area contributed by atoms with Crippen molar-refractivity contribution >= 4 is 24.9 Å². The molecule has 22 heavy (non-hydrogen) atoms. The van der Waals surface area contributed by atoms with Gasteiger partial charge in [-0.05, 0) is 0 Å². The molecule has 0 radical (unpaired) electrons. The van der Waals surface area contributed by atoms with Gasteiger partial charge in [0.2, 0.25) is 5.95 Å². The van der Waals surface area contributed by atoms with Crippen LogP contribution in [0, 0.1) is 0 Å². The second-order valence-electron chi connectivity index (χ2n) is 5.05. The number of fused-ring (bicyclic) bond motifs is 2. The highest BCUT2D eigenvalue weighted by Crippen LogP contribution is 2.52. The first-order valence-electron chi connectivity index (χ1n) is 6.46. The van der Waals surface area contributed by atoms with Crippen molar-refractivity contribution < 1.29 is 23.2 Å². The van der Waals surface area contributed by atoms with Gasteiger partial charge in [-0.25, -0.2) is 9.55 Å². The number of ether oxygens (including phenoxy) is 1. The van der Waals surface area contributed by atoms with Crippen LogP contribution in [-0.4, -0.2) is 43.2 Å². The molecule has 4 unspecified atom stereocenters. The van der Waals surface area contributed by atoms with Gasteiger partial charge in [-0.2, -0.15) is 4.98 Å². The largest absolute Gasteiger partial charge is 0.472 e. The van der Waals surface area contributed by atoms with Crippen LogP contribution in [0.3, 0.4) is 0 Å². The van der Waals surface area contributed by atoms with Crippen LogP contribution in [0.5, 0.6) is 0 Å². The van der Waals surface area contributed by atoms with E-state index < -0.39 is 31.8 Å². The normalized spacial score (nSPS) is 34.9. The Morgan fingerprint density at radius 2 is 2.32 bits per heavy atom. The Kier molecular flexibility index (Phi) is 2.90. The summed E-state index contributed by atoms with van der Waals surface area (Å²) in [6.45, 7) is -0.0439. The number of nitrogens with two attached hydrogens (primary N) is 1. The smallest absolute Gasteiger partial charge is 0.369 e. The van der Waals surface area contributed by atoms with Crippen LogP contribution in [0.15, 0.2) is 11.1 Å². The molecule has 2 fully saturated rings. The Morgan fingerprint density at radius 1 is 1.50 bits per heavy atom. The van der Waals surface area contributed by atoms with Crippen molar-refractivity contribution in [2.24, 2.45) is 0 Å². The quantitative estimate of drug-likeness (QED) is 0.587. The van der Waals surface area contributed by atoms with Crippen molar-refractivity contribution in [2.75, 3.05) is 12.3 Å². The summed E-state index contributed by atoms with van der Waals surface area (Å²) in [6, 6.07) is 0. The van der Waals surface area contributed by atoms with Gasteiger partial charge >= 0.3 is 7.82 Å². The standard InChI is InChI=1S/C10H12N5O6P/c11-10-13-8-7(9(16)14-10)12-3-15(8)6-1-4-5(20-6)2-19-22(17,18)21-4/h3-6H,1-2H2,(H,17,18)(H3,11,13,14,16). The molecule has 0 saturated carbocycles. The van der Waals surface area contributed by atoms with Crippen LogP contribution in [0.4, 0.5) is 5.95 Å². The fourth-order valence-corrected chi connectivity index (χ4v) is 3.62. The molecule has 11 nitrogen and oxygen atoms in total. The molecule has 4 atom stereocenters. The monoisotopic (exact) mass is 329 g/mol. The molecule has 0 aliphatic carbocycles. The number of rotatable bonds is 1. The van der Waals surface area contributed by atoms with Crippen molar-refractivity contribution in [2.45, 2.75) is 24.9 Å². The van der Waals surface area contributed by atoms with E-state index in [2.05, 4.69) is 15.0 Å². The first-order valence-corrected chi connectivity index (χ1v) is 7.96. The first kappa shape index (κ1) is 13.9. The van der Waals surface area contributed by atoms with Gasteiger partial charge < -0.3 is 15.4 Å². The van der Waals surface area contributed by atoms with Crippen LogP contribution in [0.1, 0.15) is 12.6 Å². The van der Waals surface area contributed by atoms with Crippen LogP contribution >= 0.6 is 7.82 Å². The summed E-state index contributed by atoms with van der Waals surface area (Å²) in [7, 11) is -4.02. The zero-order chi connectivity index (χ0) is 15.5. The molecule has 2 saturated heterocycles. The van der Waals surface area contributed by atoms with Crippen molar-refractivity contribution in [3.05, 3.63) is 16.7 Å². The number of aromatic nitrogens is 4. The molecule has 0 spiro atoms. The van der Waals surface area contributed by atoms with Gasteiger partial charge in [0.1, 0.15) is 18.4 Å². The predicted octanol–water partition coefficient (Wildman–Crippen LogP) is -0.495. The number of hydrogen-bond donors (Lipinski definition) is 3. The summed E-state index contributed by atoms with van der Waals surface area (Å²) in [5, 5.41) is 0. The molecule has 4 heterocycles. The molecule has 4 N–H and O–H groups in total. The van der Waals surface area contributed by atoms with Gasteiger partial charge in [-0.1, -0.05) is 0 Å². The third-order valence-electron chi connectivity index (χ3n) is 3.61. The van der Waals surface area contributed by atoms with E-state index in [4.69, 9.17) is 19.5 Å². The first-order chi connectivity index (χ1) is 10.4. The summed E-state index contributed by atoms with van der Waals surface area (Å²) < 4.78 is 28.4. The highest BCUT2D eigenvalue weighted by molar-refractivity contribution is 7.47. The van der Waals surface area contributed by atoms with Crippen LogP contribution in [0.2, 0.25) is 0 Å². The highest BCUT2D eigenvalue weighted by atomic mass is 31.2. The molecule has 2 aromatic rings. The van der Waals surface area contributed by atoms with Crippen molar-refractivity contribution in [3.8, 4) is 0 Å². The highest BCUT2D eigenvalue weighted by Gasteiger charge is 2.46. The maximum Gasteiger partial charge on any atom is 0.472 e. The van der Waals surface area contributed by atoms with Gasteiger partial charge in [0.15, 0.2) is 11.2 Å². The number of phosphoric acid groups is 1. The molecule has 2 aliphatic heterocycles. The zero-order valence-electron chi connectivity index (χ0n) is 11.1. The van der Waals surface area contributed by atoms with E-state index in [1.807, 2.05) is 0 Å². The molecule has 118 valence electrons. The maximum absolute atomic E-state index is 11.8. The topological polar surface area (TPSA) is 155 Å². The lowest BCUT2D eigenvalue weighted by molar-refractivity contribution is -0.0661. The third kappa shape index (κ3) is 2.14. The molecular weight excluding hydrogens is 317 g/mol. The Bertz CT molecular complexity index is 848. The van der Waals surface area contributed by atoms with Gasteiger partial charge in [0, 0.05) is 6.42 Å². The van der Waals surface area contributed by atoms with E-state index in [1.165, 1.54) is 6.33 Å². The van der Waals surface area contributed by atoms with E-state index in [0.717, 1.165) is 0 Å². The fraction of sp³-hybridized carbons (Fsp3) is 0.500. The molecule has 0 amide bonds. The minimum atomic E-state index is -4.02. The van der Waals surface area contributed by atoms with Crippen LogP contribution < -0.4 is 11.3 Å². The number of H-pyrrole nitrogens is 1. The molecular formula is C10H12N5O6P. The lowest BCUT2D eigenvalue weighted by Crippen LogP contribution is -2.32. The Morgan fingerprint density at radius 3 is 3.14 bits per heavy atom. The molecule has 4 rings (SSSR count). The van der Waals surface area contributed by atoms with E-state index in [9.17, 15) is 14.3 Å². The van der Waals surface area contributed by atoms with E-state index in [0.29, 0.717) is 6.42 Å². The number of phosphoric ester groups is 1. The van der Waals surface area contributed by atoms with E-state index >= 15 is 0 Å². The zero-order valence-corrected chi connectivity index (χ0v) is 12.0. The minimum Gasteiger partial charge on any atom is -0.369 e. The van der Waals surface area contributed by atoms with Crippen molar-refractivity contribution in [3.63, 3.8) is 0 Å². The van der Waals surface area contributed by atoms with Crippen LogP contribution in [0.25, 0.3) is 11.2 Å². The third-order valence-corrected chi connectivity index (χ3v) is 4.62. The number of aromatic amines is 1. The van der Waals surface area contributed by atoms with Crippen molar-refractivity contribution in [1.29, 1.82) is 0 Å². The Labute approximate surface area is 122 Å². The number of nitrogens with zero attached hydrogens (tertiary/aromatic N) is 3. The SMILES string of the molecule is Nc1nc2c(ncn2C2CC3OP(=O)(O)OCC3O2)c(=O)[nH]1. The maximum atomic E-state index is 11.8. The lowest BCUT2D eigenvalue weighted by Gasteiger charge is -2.26. The van der Waals surface area contributed by atoms with Gasteiger partial charge in [-0.15, -0.1) is 0 Å². The molecule has 12 heteroatoms. The number of hydrogen-bond acceptors (Lipinski definition) is 8. The average molecular weight is 329 g/mol. The van der Waals surface area contributed by atoms with Crippen molar-refractivity contribution in [1.82, 2.24) is 19.5 Å². The number of nitrogen functional groups attached to an aromatic ring is 1. The number of anilines is 1.